The van der Waals surface area contributed by atoms with Gasteiger partial charge >= 0.3 is 5.97 Å². The molecule has 2 aromatic carbocycles. The zero-order valence-electron chi connectivity index (χ0n) is 10.9. The molecule has 0 saturated heterocycles. The van der Waals surface area contributed by atoms with Crippen LogP contribution in [-0.2, 0) is 10.2 Å². The Morgan fingerprint density at radius 1 is 1.10 bits per heavy atom. The van der Waals surface area contributed by atoms with Crippen LogP contribution in [0.1, 0.15) is 31.2 Å². The van der Waals surface area contributed by atoms with Crippen molar-refractivity contribution >= 4 is 28.3 Å². The first-order chi connectivity index (χ1) is 9.53. The van der Waals surface area contributed by atoms with Gasteiger partial charge in [0, 0.05) is 10.6 Å². The summed E-state index contributed by atoms with van der Waals surface area (Å²) in [6.45, 7) is 0. The third kappa shape index (κ3) is 1.93. The second-order valence-electron chi connectivity index (χ2n) is 5.46. The number of carboxylic acids is 1. The largest absolute Gasteiger partial charge is 0.508 e. The van der Waals surface area contributed by atoms with Gasteiger partial charge in [-0.25, -0.2) is 0 Å². The molecule has 3 rings (SSSR count). The molecule has 0 atom stereocenters. The molecule has 1 fully saturated rings. The number of halogens is 1. The number of fused-ring (bicyclic) bond motifs is 1. The van der Waals surface area contributed by atoms with Crippen molar-refractivity contribution in [3.63, 3.8) is 0 Å². The number of aromatic hydroxyl groups is 1. The highest BCUT2D eigenvalue weighted by Crippen LogP contribution is 2.46. The van der Waals surface area contributed by atoms with Crippen LogP contribution in [0.3, 0.4) is 0 Å². The minimum atomic E-state index is -0.958. The summed E-state index contributed by atoms with van der Waals surface area (Å²) >= 11 is 5.99. The van der Waals surface area contributed by atoms with Crippen molar-refractivity contribution < 1.29 is 15.0 Å². The molecule has 104 valence electrons. The lowest BCUT2D eigenvalue weighted by Gasteiger charge is -2.25. The summed E-state index contributed by atoms with van der Waals surface area (Å²) in [4.78, 5) is 11.7. The smallest absolute Gasteiger partial charge is 0.314 e. The standard InChI is InChI=1S/C16H15ClO3/c17-12-4-3-10-9-14(18)13(8-11(10)7-12)16(15(19)20)5-1-2-6-16/h3-4,7-9,18H,1-2,5-6H2,(H,19,20). The molecule has 0 unspecified atom stereocenters. The Bertz CT molecular complexity index is 687. The van der Waals surface area contributed by atoms with Crippen LogP contribution in [0.2, 0.25) is 5.02 Å². The van der Waals surface area contributed by atoms with Crippen molar-refractivity contribution in [2.75, 3.05) is 0 Å². The Kier molecular flexibility index (Phi) is 3.09. The van der Waals surface area contributed by atoms with Gasteiger partial charge in [-0.1, -0.05) is 30.5 Å². The van der Waals surface area contributed by atoms with Crippen LogP contribution >= 0.6 is 11.6 Å². The van der Waals surface area contributed by atoms with E-state index in [0.29, 0.717) is 23.4 Å². The van der Waals surface area contributed by atoms with E-state index in [-0.39, 0.29) is 5.75 Å². The predicted molar refractivity (Wildman–Crippen MR) is 78.4 cm³/mol. The van der Waals surface area contributed by atoms with Gasteiger partial charge in [0.05, 0.1) is 5.41 Å². The van der Waals surface area contributed by atoms with Crippen molar-refractivity contribution in [2.45, 2.75) is 31.1 Å². The maximum atomic E-state index is 11.7. The number of carboxylic acid groups (broad SMARTS) is 1. The Hall–Kier alpha value is -1.74. The normalized spacial score (nSPS) is 17.4. The number of aliphatic carboxylic acids is 1. The monoisotopic (exact) mass is 290 g/mol. The van der Waals surface area contributed by atoms with E-state index in [4.69, 9.17) is 11.6 Å². The van der Waals surface area contributed by atoms with Crippen molar-refractivity contribution in [3.05, 3.63) is 40.9 Å². The van der Waals surface area contributed by atoms with Gasteiger partial charge in [0.2, 0.25) is 0 Å². The molecule has 0 bridgehead atoms. The fourth-order valence-electron chi connectivity index (χ4n) is 3.22. The Morgan fingerprint density at radius 2 is 1.80 bits per heavy atom. The molecule has 0 amide bonds. The maximum absolute atomic E-state index is 11.7. The van der Waals surface area contributed by atoms with E-state index in [1.54, 1.807) is 24.3 Å². The molecule has 20 heavy (non-hydrogen) atoms. The first kappa shape index (κ1) is 13.3. The number of rotatable bonds is 2. The lowest BCUT2D eigenvalue weighted by Crippen LogP contribution is -2.32. The zero-order valence-corrected chi connectivity index (χ0v) is 11.7. The van der Waals surface area contributed by atoms with Gasteiger partial charge in [-0.3, -0.25) is 4.79 Å². The molecule has 2 aromatic rings. The molecule has 2 N–H and O–H groups in total. The summed E-state index contributed by atoms with van der Waals surface area (Å²) in [7, 11) is 0. The molecule has 1 aliphatic carbocycles. The molecule has 0 radical (unpaired) electrons. The van der Waals surface area contributed by atoms with Crippen LogP contribution in [0.25, 0.3) is 10.8 Å². The Morgan fingerprint density at radius 3 is 2.45 bits per heavy atom. The van der Waals surface area contributed by atoms with E-state index in [0.717, 1.165) is 23.6 Å². The Balaban J connectivity index is 2.24. The minimum absolute atomic E-state index is 0.0594. The average Bonchev–Trinajstić information content (AvgIpc) is 2.89. The lowest BCUT2D eigenvalue weighted by molar-refractivity contribution is -0.143. The highest BCUT2D eigenvalue weighted by Gasteiger charge is 2.44. The van der Waals surface area contributed by atoms with Crippen molar-refractivity contribution in [1.82, 2.24) is 0 Å². The first-order valence-electron chi connectivity index (χ1n) is 6.69. The fraction of sp³-hybridized carbons (Fsp3) is 0.312. The number of benzene rings is 2. The van der Waals surface area contributed by atoms with Crippen LogP contribution in [0.15, 0.2) is 30.3 Å². The molecule has 4 heteroatoms. The molecule has 1 saturated carbocycles. The van der Waals surface area contributed by atoms with Gasteiger partial charge in [-0.05, 0) is 47.9 Å². The Labute approximate surface area is 121 Å². The van der Waals surface area contributed by atoms with E-state index in [2.05, 4.69) is 0 Å². The third-order valence-electron chi connectivity index (χ3n) is 4.30. The fourth-order valence-corrected chi connectivity index (χ4v) is 3.40. The second kappa shape index (κ2) is 4.67. The highest BCUT2D eigenvalue weighted by molar-refractivity contribution is 6.31. The molecule has 0 aromatic heterocycles. The van der Waals surface area contributed by atoms with Crippen molar-refractivity contribution in [3.8, 4) is 5.75 Å². The van der Waals surface area contributed by atoms with Crippen LogP contribution in [0.4, 0.5) is 0 Å². The highest BCUT2D eigenvalue weighted by atomic mass is 35.5. The van der Waals surface area contributed by atoms with Crippen LogP contribution in [0.5, 0.6) is 5.75 Å². The molecule has 1 aliphatic rings. The molecule has 0 aliphatic heterocycles. The predicted octanol–water partition coefficient (Wildman–Crippen LogP) is 4.10. The summed E-state index contributed by atoms with van der Waals surface area (Å²) in [5.41, 5.74) is -0.446. The second-order valence-corrected chi connectivity index (χ2v) is 5.89. The van der Waals surface area contributed by atoms with Gasteiger partial charge in [-0.2, -0.15) is 0 Å². The van der Waals surface area contributed by atoms with Crippen LogP contribution in [-0.4, -0.2) is 16.2 Å². The zero-order chi connectivity index (χ0) is 14.3. The first-order valence-corrected chi connectivity index (χ1v) is 7.07. The van der Waals surface area contributed by atoms with Gasteiger partial charge in [-0.15, -0.1) is 0 Å². The summed E-state index contributed by atoms with van der Waals surface area (Å²) < 4.78 is 0. The number of hydrogen-bond acceptors (Lipinski definition) is 2. The maximum Gasteiger partial charge on any atom is 0.314 e. The van der Waals surface area contributed by atoms with Crippen molar-refractivity contribution in [2.24, 2.45) is 0 Å². The molecular formula is C16H15ClO3. The number of phenols is 1. The van der Waals surface area contributed by atoms with Gasteiger partial charge < -0.3 is 10.2 Å². The van der Waals surface area contributed by atoms with Gasteiger partial charge in [0.15, 0.2) is 0 Å². The summed E-state index contributed by atoms with van der Waals surface area (Å²) in [5, 5.41) is 22.2. The molecular weight excluding hydrogens is 276 g/mol. The quantitative estimate of drug-likeness (QED) is 0.875. The van der Waals surface area contributed by atoms with E-state index in [1.165, 1.54) is 0 Å². The SMILES string of the molecule is O=C(O)C1(c2cc3cc(Cl)ccc3cc2O)CCCC1. The van der Waals surface area contributed by atoms with Crippen LogP contribution in [0, 0.1) is 0 Å². The number of hydrogen-bond donors (Lipinski definition) is 2. The van der Waals surface area contributed by atoms with Gasteiger partial charge in [0.1, 0.15) is 5.75 Å². The molecule has 0 heterocycles. The topological polar surface area (TPSA) is 57.5 Å². The number of carbonyl (C=O) groups is 1. The average molecular weight is 291 g/mol. The van der Waals surface area contributed by atoms with E-state index >= 15 is 0 Å². The molecule has 3 nitrogen and oxygen atoms in total. The summed E-state index contributed by atoms with van der Waals surface area (Å²) in [6.07, 6.45) is 2.89. The molecule has 0 spiro atoms. The van der Waals surface area contributed by atoms with Gasteiger partial charge in [0.25, 0.3) is 0 Å². The third-order valence-corrected chi connectivity index (χ3v) is 4.53. The van der Waals surface area contributed by atoms with Crippen LogP contribution < -0.4 is 0 Å². The number of phenolic OH excluding ortho intramolecular Hbond substituents is 1. The minimum Gasteiger partial charge on any atom is -0.508 e. The van der Waals surface area contributed by atoms with E-state index < -0.39 is 11.4 Å². The lowest BCUT2D eigenvalue weighted by atomic mass is 9.77. The van der Waals surface area contributed by atoms with E-state index in [1.807, 2.05) is 6.07 Å². The van der Waals surface area contributed by atoms with Crippen molar-refractivity contribution in [1.29, 1.82) is 0 Å². The summed E-state index contributed by atoms with van der Waals surface area (Å²) in [6, 6.07) is 8.78. The van der Waals surface area contributed by atoms with E-state index in [9.17, 15) is 15.0 Å². The summed E-state index contributed by atoms with van der Waals surface area (Å²) in [5.74, 6) is -0.796.